The molecule has 130 valence electrons. The highest BCUT2D eigenvalue weighted by Crippen LogP contribution is 2.16. The average Bonchev–Trinajstić information content (AvgIpc) is 3.02. The van der Waals surface area contributed by atoms with Gasteiger partial charge in [0.25, 0.3) is 5.91 Å². The standard InChI is InChI=1S/C18H26N4O2/c1-3-5-10-21(4-2)11-12-22-14-19-16-13-15(6-8-17(16)22)7-9-18(23)20-24/h6-9,13-14,24H,3-5,10-12H2,1-2H3,(H,20,23). The maximum atomic E-state index is 11.0. The van der Waals surface area contributed by atoms with Gasteiger partial charge in [0, 0.05) is 19.2 Å². The minimum atomic E-state index is -0.549. The van der Waals surface area contributed by atoms with E-state index in [4.69, 9.17) is 5.21 Å². The van der Waals surface area contributed by atoms with Gasteiger partial charge in [0.1, 0.15) is 0 Å². The van der Waals surface area contributed by atoms with Crippen molar-refractivity contribution in [2.75, 3.05) is 19.6 Å². The third kappa shape index (κ3) is 4.91. The highest BCUT2D eigenvalue weighted by molar-refractivity contribution is 5.91. The molecule has 0 bridgehead atoms. The zero-order valence-corrected chi connectivity index (χ0v) is 14.4. The van der Waals surface area contributed by atoms with E-state index in [2.05, 4.69) is 28.3 Å². The Balaban J connectivity index is 2.05. The van der Waals surface area contributed by atoms with Crippen molar-refractivity contribution >= 4 is 23.0 Å². The molecule has 1 aromatic heterocycles. The Morgan fingerprint density at radius 2 is 2.21 bits per heavy atom. The number of aromatic nitrogens is 2. The number of hydrogen-bond acceptors (Lipinski definition) is 4. The molecule has 1 amide bonds. The second-order valence-corrected chi connectivity index (χ2v) is 5.78. The maximum absolute atomic E-state index is 11.0. The third-order valence-electron chi connectivity index (χ3n) is 4.11. The second kappa shape index (κ2) is 9.20. The molecule has 0 atom stereocenters. The maximum Gasteiger partial charge on any atom is 0.267 e. The predicted molar refractivity (Wildman–Crippen MR) is 95.7 cm³/mol. The molecule has 1 aromatic carbocycles. The number of carbonyl (C=O) groups excluding carboxylic acids is 1. The van der Waals surface area contributed by atoms with E-state index in [1.54, 1.807) is 11.6 Å². The van der Waals surface area contributed by atoms with Gasteiger partial charge in [-0.25, -0.2) is 10.5 Å². The van der Waals surface area contributed by atoms with Crippen LogP contribution in [0.25, 0.3) is 17.1 Å². The summed E-state index contributed by atoms with van der Waals surface area (Å²) in [6.45, 7) is 8.54. The first-order chi connectivity index (χ1) is 11.7. The van der Waals surface area contributed by atoms with Crippen molar-refractivity contribution in [3.8, 4) is 0 Å². The topological polar surface area (TPSA) is 70.4 Å². The van der Waals surface area contributed by atoms with Gasteiger partial charge in [0.05, 0.1) is 17.4 Å². The molecule has 1 heterocycles. The lowest BCUT2D eigenvalue weighted by atomic mass is 10.2. The molecule has 6 nitrogen and oxygen atoms in total. The van der Waals surface area contributed by atoms with E-state index < -0.39 is 5.91 Å². The number of unbranched alkanes of at least 4 members (excludes halogenated alkanes) is 1. The smallest absolute Gasteiger partial charge is 0.267 e. The van der Waals surface area contributed by atoms with Crippen molar-refractivity contribution in [3.05, 3.63) is 36.2 Å². The van der Waals surface area contributed by atoms with Gasteiger partial charge >= 0.3 is 0 Å². The highest BCUT2D eigenvalue weighted by Gasteiger charge is 2.06. The number of carbonyl (C=O) groups is 1. The fourth-order valence-corrected chi connectivity index (χ4v) is 2.63. The minimum Gasteiger partial charge on any atom is -0.329 e. The van der Waals surface area contributed by atoms with Gasteiger partial charge in [0.2, 0.25) is 0 Å². The Morgan fingerprint density at radius 1 is 1.38 bits per heavy atom. The lowest BCUT2D eigenvalue weighted by molar-refractivity contribution is -0.124. The third-order valence-corrected chi connectivity index (χ3v) is 4.11. The summed E-state index contributed by atoms with van der Waals surface area (Å²) in [4.78, 5) is 17.9. The van der Waals surface area contributed by atoms with Gasteiger partial charge in [-0.3, -0.25) is 10.0 Å². The molecule has 0 aliphatic rings. The number of rotatable bonds is 9. The normalized spacial score (nSPS) is 11.7. The first kappa shape index (κ1) is 18.2. The molecule has 24 heavy (non-hydrogen) atoms. The molecule has 0 spiro atoms. The minimum absolute atomic E-state index is 0.549. The van der Waals surface area contributed by atoms with E-state index in [9.17, 15) is 4.79 Å². The van der Waals surface area contributed by atoms with Crippen molar-refractivity contribution < 1.29 is 10.0 Å². The van der Waals surface area contributed by atoms with Crippen LogP contribution >= 0.6 is 0 Å². The van der Waals surface area contributed by atoms with Gasteiger partial charge < -0.3 is 9.47 Å². The van der Waals surface area contributed by atoms with Crippen molar-refractivity contribution in [2.24, 2.45) is 0 Å². The van der Waals surface area contributed by atoms with Crippen LogP contribution in [0.2, 0.25) is 0 Å². The van der Waals surface area contributed by atoms with Crippen molar-refractivity contribution in [1.82, 2.24) is 19.9 Å². The van der Waals surface area contributed by atoms with Crippen LogP contribution in [0, 0.1) is 0 Å². The zero-order chi connectivity index (χ0) is 17.4. The summed E-state index contributed by atoms with van der Waals surface area (Å²) in [7, 11) is 0. The molecule has 0 aliphatic heterocycles. The summed E-state index contributed by atoms with van der Waals surface area (Å²) >= 11 is 0. The number of hydrogen-bond donors (Lipinski definition) is 2. The lowest BCUT2D eigenvalue weighted by Gasteiger charge is -2.20. The molecule has 2 N–H and O–H groups in total. The molecule has 0 saturated heterocycles. The quantitative estimate of drug-likeness (QED) is 0.421. The molecule has 0 saturated carbocycles. The molecule has 2 aromatic rings. The largest absolute Gasteiger partial charge is 0.329 e. The summed E-state index contributed by atoms with van der Waals surface area (Å²) in [6, 6.07) is 5.89. The van der Waals surface area contributed by atoms with E-state index in [1.165, 1.54) is 18.9 Å². The number of nitrogens with one attached hydrogen (secondary N) is 1. The number of benzene rings is 1. The molecule has 0 fully saturated rings. The average molecular weight is 330 g/mol. The van der Waals surface area contributed by atoms with Crippen LogP contribution in [0.4, 0.5) is 0 Å². The molecular weight excluding hydrogens is 304 g/mol. The van der Waals surface area contributed by atoms with E-state index in [0.29, 0.717) is 0 Å². The van der Waals surface area contributed by atoms with Crippen LogP contribution in [0.5, 0.6) is 0 Å². The Kier molecular flexibility index (Phi) is 6.96. The lowest BCUT2D eigenvalue weighted by Crippen LogP contribution is -2.28. The Morgan fingerprint density at radius 3 is 2.92 bits per heavy atom. The molecule has 6 heteroatoms. The van der Waals surface area contributed by atoms with Gasteiger partial charge in [-0.2, -0.15) is 0 Å². The summed E-state index contributed by atoms with van der Waals surface area (Å²) in [5.74, 6) is -0.549. The number of imidazole rings is 1. The number of fused-ring (bicyclic) bond motifs is 1. The number of nitrogens with zero attached hydrogens (tertiary/aromatic N) is 3. The van der Waals surface area contributed by atoms with Crippen LogP contribution in [0.1, 0.15) is 32.3 Å². The van der Waals surface area contributed by atoms with Gasteiger partial charge in [-0.05, 0) is 43.3 Å². The first-order valence-electron chi connectivity index (χ1n) is 8.47. The first-order valence-corrected chi connectivity index (χ1v) is 8.47. The molecular formula is C18H26N4O2. The van der Waals surface area contributed by atoms with Crippen LogP contribution in [-0.4, -0.2) is 45.2 Å². The van der Waals surface area contributed by atoms with E-state index in [0.717, 1.165) is 42.8 Å². The van der Waals surface area contributed by atoms with Crippen LogP contribution in [0.3, 0.4) is 0 Å². The molecule has 0 radical (unpaired) electrons. The van der Waals surface area contributed by atoms with Gasteiger partial charge in [-0.1, -0.05) is 26.3 Å². The monoisotopic (exact) mass is 330 g/mol. The number of hydroxylamine groups is 1. The predicted octanol–water partition coefficient (Wildman–Crippen LogP) is 2.68. The SMILES string of the molecule is CCCCN(CC)CCn1cnc2cc(C=CC(=O)NO)ccc21. The summed E-state index contributed by atoms with van der Waals surface area (Å²) < 4.78 is 2.16. The summed E-state index contributed by atoms with van der Waals surface area (Å²) in [5, 5.41) is 8.50. The van der Waals surface area contributed by atoms with Gasteiger partial charge in [0.15, 0.2) is 0 Å². The summed E-state index contributed by atoms with van der Waals surface area (Å²) in [6.07, 6.45) is 7.25. The fraction of sp³-hybridized carbons (Fsp3) is 0.444. The highest BCUT2D eigenvalue weighted by atomic mass is 16.5. The van der Waals surface area contributed by atoms with E-state index in [-0.39, 0.29) is 0 Å². The molecule has 0 unspecified atom stereocenters. The Bertz CT molecular complexity index is 693. The Hall–Kier alpha value is -2.18. The van der Waals surface area contributed by atoms with Crippen molar-refractivity contribution in [3.63, 3.8) is 0 Å². The van der Waals surface area contributed by atoms with Crippen molar-refractivity contribution in [2.45, 2.75) is 33.2 Å². The number of likely N-dealkylation sites (N-methyl/N-ethyl adjacent to an activating group) is 1. The van der Waals surface area contributed by atoms with Crippen LogP contribution in [-0.2, 0) is 11.3 Å². The van der Waals surface area contributed by atoms with Gasteiger partial charge in [-0.15, -0.1) is 0 Å². The zero-order valence-electron chi connectivity index (χ0n) is 14.4. The molecule has 0 aliphatic carbocycles. The molecule has 2 rings (SSSR count). The van der Waals surface area contributed by atoms with Crippen LogP contribution < -0.4 is 5.48 Å². The number of amides is 1. The fourth-order valence-electron chi connectivity index (χ4n) is 2.63. The summed E-state index contributed by atoms with van der Waals surface area (Å²) in [5.41, 5.74) is 4.43. The van der Waals surface area contributed by atoms with Crippen LogP contribution in [0.15, 0.2) is 30.6 Å². The van der Waals surface area contributed by atoms with Crippen molar-refractivity contribution in [1.29, 1.82) is 0 Å². The Labute approximate surface area is 142 Å². The second-order valence-electron chi connectivity index (χ2n) is 5.78. The van der Waals surface area contributed by atoms with E-state index >= 15 is 0 Å². The van der Waals surface area contributed by atoms with E-state index in [1.807, 2.05) is 24.5 Å².